The van der Waals surface area contributed by atoms with E-state index in [0.29, 0.717) is 11.5 Å². The zero-order chi connectivity index (χ0) is 17.2. The molecule has 1 aromatic rings. The van der Waals surface area contributed by atoms with Crippen molar-refractivity contribution >= 4 is 5.97 Å². The molecule has 1 aliphatic heterocycles. The van der Waals surface area contributed by atoms with Gasteiger partial charge < -0.3 is 30.9 Å². The Morgan fingerprint density at radius 2 is 1.88 bits per heavy atom. The van der Waals surface area contributed by atoms with E-state index in [0.717, 1.165) is 24.5 Å². The number of esters is 1. The Balaban J connectivity index is 0.00000225. The predicted molar refractivity (Wildman–Crippen MR) is 94.1 cm³/mol. The van der Waals surface area contributed by atoms with Crippen molar-refractivity contribution in [1.82, 2.24) is 0 Å². The second-order valence-electron chi connectivity index (χ2n) is 7.72. The highest BCUT2D eigenvalue weighted by molar-refractivity contribution is 5.89. The molecule has 1 saturated carbocycles. The van der Waals surface area contributed by atoms with Gasteiger partial charge in [-0.25, -0.2) is 4.79 Å². The second kappa shape index (κ2) is 8.54. The Morgan fingerprint density at radius 1 is 1.16 bits per heavy atom. The van der Waals surface area contributed by atoms with Crippen LogP contribution in [0.2, 0.25) is 0 Å². The van der Waals surface area contributed by atoms with E-state index in [1.165, 1.54) is 37.0 Å². The van der Waals surface area contributed by atoms with E-state index in [4.69, 9.17) is 9.47 Å². The molecule has 3 rings (SSSR count). The van der Waals surface area contributed by atoms with Gasteiger partial charge in [0, 0.05) is 5.92 Å². The van der Waals surface area contributed by atoms with Gasteiger partial charge >= 0.3 is 5.97 Å². The van der Waals surface area contributed by atoms with E-state index in [1.54, 1.807) is 31.4 Å². The van der Waals surface area contributed by atoms with Gasteiger partial charge in [0.2, 0.25) is 0 Å². The fourth-order valence-corrected chi connectivity index (χ4v) is 4.36. The summed E-state index contributed by atoms with van der Waals surface area (Å²) >= 11 is 0. The number of piperidine rings is 1. The van der Waals surface area contributed by atoms with Crippen LogP contribution in [-0.4, -0.2) is 50.3 Å². The summed E-state index contributed by atoms with van der Waals surface area (Å²) in [4.78, 5) is 12.4. The number of methoxy groups -OCH3 is 1. The van der Waals surface area contributed by atoms with Gasteiger partial charge in [0.1, 0.15) is 11.9 Å². The summed E-state index contributed by atoms with van der Waals surface area (Å²) < 4.78 is 12.1. The molecule has 0 bridgehead atoms. The number of quaternary nitrogens is 1. The van der Waals surface area contributed by atoms with E-state index in [1.807, 2.05) is 0 Å². The molecule has 1 aliphatic carbocycles. The maximum atomic E-state index is 12.4. The lowest BCUT2D eigenvalue weighted by Gasteiger charge is -2.47. The number of benzene rings is 1. The molecular formula is C20H30BrNO3. The Hall–Kier alpha value is -1.07. The van der Waals surface area contributed by atoms with Crippen LogP contribution in [0.1, 0.15) is 43.0 Å². The Morgan fingerprint density at radius 3 is 2.52 bits per heavy atom. The summed E-state index contributed by atoms with van der Waals surface area (Å²) in [6.07, 6.45) is 4.65. The maximum Gasteiger partial charge on any atom is 0.338 e. The molecule has 1 saturated heterocycles. The molecule has 1 heterocycles. The molecule has 1 aromatic carbocycles. The lowest BCUT2D eigenvalue weighted by Crippen LogP contribution is -3.00. The average molecular weight is 412 g/mol. The molecule has 25 heavy (non-hydrogen) atoms. The zero-order valence-corrected chi connectivity index (χ0v) is 17.1. The van der Waals surface area contributed by atoms with Gasteiger partial charge in [-0.1, -0.05) is 0 Å². The molecule has 0 N–H and O–H groups in total. The summed E-state index contributed by atoms with van der Waals surface area (Å²) in [5.74, 6) is 2.08. The summed E-state index contributed by atoms with van der Waals surface area (Å²) in [7, 11) is 3.99. The van der Waals surface area contributed by atoms with Gasteiger partial charge in [-0.3, -0.25) is 0 Å². The van der Waals surface area contributed by atoms with Crippen LogP contribution in [-0.2, 0) is 4.74 Å². The SMILES string of the molecule is CC[N+]1(C)CC[C@H]2CC[C@H](OC(=O)c3ccc(OC)cc3)C[C@H]2C1.[Br-]. The van der Waals surface area contributed by atoms with Crippen LogP contribution in [0, 0.1) is 11.8 Å². The lowest BCUT2D eigenvalue weighted by atomic mass is 9.73. The summed E-state index contributed by atoms with van der Waals surface area (Å²) in [5.41, 5.74) is 0.607. The molecule has 140 valence electrons. The van der Waals surface area contributed by atoms with Crippen LogP contribution in [0.3, 0.4) is 0 Å². The molecule has 2 aliphatic rings. The summed E-state index contributed by atoms with van der Waals surface area (Å²) in [6, 6.07) is 7.16. The van der Waals surface area contributed by atoms with Gasteiger partial charge in [0.25, 0.3) is 0 Å². The normalized spacial score (nSPS) is 31.4. The molecule has 2 fully saturated rings. The molecule has 0 spiro atoms. The van der Waals surface area contributed by atoms with Crippen molar-refractivity contribution in [3.05, 3.63) is 29.8 Å². The smallest absolute Gasteiger partial charge is 0.338 e. The number of likely N-dealkylation sites (tertiary alicyclic amines) is 1. The van der Waals surface area contributed by atoms with Gasteiger partial charge in [0.05, 0.1) is 39.4 Å². The van der Waals surface area contributed by atoms with Gasteiger partial charge in [-0.2, -0.15) is 0 Å². The maximum absolute atomic E-state index is 12.4. The topological polar surface area (TPSA) is 35.5 Å². The number of hydrogen-bond donors (Lipinski definition) is 0. The van der Waals surface area contributed by atoms with Crippen molar-refractivity contribution in [3.63, 3.8) is 0 Å². The minimum absolute atomic E-state index is 0. The van der Waals surface area contributed by atoms with E-state index in [2.05, 4.69) is 14.0 Å². The van der Waals surface area contributed by atoms with Crippen molar-refractivity contribution in [2.24, 2.45) is 11.8 Å². The minimum atomic E-state index is -0.204. The minimum Gasteiger partial charge on any atom is -1.00 e. The molecule has 0 amide bonds. The van der Waals surface area contributed by atoms with Gasteiger partial charge in [-0.05, 0) is 62.8 Å². The van der Waals surface area contributed by atoms with Crippen LogP contribution < -0.4 is 21.7 Å². The second-order valence-corrected chi connectivity index (χ2v) is 7.72. The van der Waals surface area contributed by atoms with E-state index in [9.17, 15) is 4.79 Å². The molecule has 1 unspecified atom stereocenters. The highest BCUT2D eigenvalue weighted by Crippen LogP contribution is 2.39. The van der Waals surface area contributed by atoms with Crippen LogP contribution in [0.4, 0.5) is 0 Å². The largest absolute Gasteiger partial charge is 1.00 e. The number of carbonyl (C=O) groups excluding carboxylic acids is 1. The zero-order valence-electron chi connectivity index (χ0n) is 15.5. The first kappa shape index (κ1) is 20.2. The molecule has 4 nitrogen and oxygen atoms in total. The fourth-order valence-electron chi connectivity index (χ4n) is 4.36. The third-order valence-electron chi connectivity index (χ3n) is 6.17. The van der Waals surface area contributed by atoms with Crippen molar-refractivity contribution in [2.45, 2.75) is 38.7 Å². The van der Waals surface area contributed by atoms with Crippen LogP contribution in [0.15, 0.2) is 24.3 Å². The van der Waals surface area contributed by atoms with Crippen LogP contribution in [0.5, 0.6) is 5.75 Å². The predicted octanol–water partition coefficient (Wildman–Crippen LogP) is 0.511. The Bertz CT molecular complexity index is 577. The highest BCUT2D eigenvalue weighted by atomic mass is 79.9. The summed E-state index contributed by atoms with van der Waals surface area (Å²) in [5, 5.41) is 0. The first-order valence-electron chi connectivity index (χ1n) is 9.21. The third kappa shape index (κ3) is 4.76. The van der Waals surface area contributed by atoms with E-state index < -0.39 is 0 Å². The molecule has 0 radical (unpaired) electrons. The number of ether oxygens (including phenoxy) is 2. The fraction of sp³-hybridized carbons (Fsp3) is 0.650. The Kier molecular flexibility index (Phi) is 6.92. The summed E-state index contributed by atoms with van der Waals surface area (Å²) in [6.45, 7) is 6.01. The molecule has 0 aromatic heterocycles. The van der Waals surface area contributed by atoms with Crippen LogP contribution in [0.25, 0.3) is 0 Å². The van der Waals surface area contributed by atoms with E-state index >= 15 is 0 Å². The number of rotatable bonds is 4. The van der Waals surface area contributed by atoms with E-state index in [-0.39, 0.29) is 29.1 Å². The lowest BCUT2D eigenvalue weighted by molar-refractivity contribution is -0.917. The van der Waals surface area contributed by atoms with Crippen molar-refractivity contribution in [2.75, 3.05) is 33.8 Å². The number of hydrogen-bond acceptors (Lipinski definition) is 3. The number of nitrogens with zero attached hydrogens (tertiary/aromatic N) is 1. The number of halogens is 1. The number of fused-ring (bicyclic) bond motifs is 1. The molecule has 4 atom stereocenters. The monoisotopic (exact) mass is 411 g/mol. The van der Waals surface area contributed by atoms with Gasteiger partial charge in [-0.15, -0.1) is 0 Å². The average Bonchev–Trinajstić information content (AvgIpc) is 2.61. The van der Waals surface area contributed by atoms with Crippen molar-refractivity contribution in [3.8, 4) is 5.75 Å². The highest BCUT2D eigenvalue weighted by Gasteiger charge is 2.41. The first-order valence-corrected chi connectivity index (χ1v) is 9.21. The number of carbonyl (C=O) groups is 1. The van der Waals surface area contributed by atoms with Crippen LogP contribution >= 0.6 is 0 Å². The molecule has 5 heteroatoms. The quantitative estimate of drug-likeness (QED) is 0.534. The van der Waals surface area contributed by atoms with Crippen molar-refractivity contribution < 1.29 is 35.7 Å². The van der Waals surface area contributed by atoms with Crippen molar-refractivity contribution in [1.29, 1.82) is 0 Å². The van der Waals surface area contributed by atoms with Gasteiger partial charge in [0.15, 0.2) is 0 Å². The molecular weight excluding hydrogens is 382 g/mol. The first-order chi connectivity index (χ1) is 11.5. The Labute approximate surface area is 161 Å². The third-order valence-corrected chi connectivity index (χ3v) is 6.17. The standard InChI is InChI=1S/C20H30NO3.BrH/c1-4-21(2)12-11-15-5-10-19(13-17(15)14-21)24-20(22)16-6-8-18(23-3)9-7-16;/h6-9,15,17,19H,4-5,10-14H2,1-3H3;1H/q+1;/p-1/t15-,17+,19+,21?;/m1./s1.